The van der Waals surface area contributed by atoms with Gasteiger partial charge in [0, 0.05) is 12.2 Å². The van der Waals surface area contributed by atoms with Gasteiger partial charge >= 0.3 is 12.2 Å². The number of methoxy groups -OCH3 is 1. The van der Waals surface area contributed by atoms with Crippen molar-refractivity contribution < 1.29 is 33.8 Å². The standard InChI is InChI=1S/C25H40N4O7/c1-16(2)20(29-24(34)35-6)22(32)28-19(9-7-8-14-26-23(33)36-25(3,4)5)21(31)27-18-12-10-17(15-30)11-13-18/h10-13,16,19-20,30H,7-9,14-15H2,1-6H3,(H,26,33)(H,27,31)(H,28,32)(H,29,34)/t19-,20-/m0/s1. The number of carbonyl (C=O) groups is 4. The first-order valence-corrected chi connectivity index (χ1v) is 12.0. The predicted molar refractivity (Wildman–Crippen MR) is 135 cm³/mol. The van der Waals surface area contributed by atoms with E-state index in [1.807, 2.05) is 0 Å². The largest absolute Gasteiger partial charge is 0.453 e. The molecule has 0 saturated heterocycles. The zero-order valence-electron chi connectivity index (χ0n) is 22.0. The Balaban J connectivity index is 2.82. The van der Waals surface area contributed by atoms with Gasteiger partial charge in [-0.1, -0.05) is 26.0 Å². The molecule has 2 atom stereocenters. The Bertz CT molecular complexity index is 866. The van der Waals surface area contributed by atoms with E-state index in [2.05, 4.69) is 26.0 Å². The minimum absolute atomic E-state index is 0.117. The summed E-state index contributed by atoms with van der Waals surface area (Å²) in [5, 5.41) is 19.8. The van der Waals surface area contributed by atoms with Crippen molar-refractivity contribution in [3.8, 4) is 0 Å². The minimum atomic E-state index is -0.898. The van der Waals surface area contributed by atoms with Crippen molar-refractivity contribution in [2.24, 2.45) is 5.92 Å². The number of hydrogen-bond donors (Lipinski definition) is 5. The number of nitrogens with one attached hydrogen (secondary N) is 4. The number of benzene rings is 1. The molecule has 202 valence electrons. The molecule has 36 heavy (non-hydrogen) atoms. The lowest BCUT2D eigenvalue weighted by atomic mass is 10.0. The number of hydrogen-bond acceptors (Lipinski definition) is 7. The molecule has 5 N–H and O–H groups in total. The fraction of sp³-hybridized carbons (Fsp3) is 0.600. The Morgan fingerprint density at radius 2 is 1.58 bits per heavy atom. The summed E-state index contributed by atoms with van der Waals surface area (Å²) in [6.07, 6.45) is 0.102. The monoisotopic (exact) mass is 508 g/mol. The molecule has 0 saturated carbocycles. The molecule has 1 aromatic rings. The molecule has 0 heterocycles. The third-order valence-electron chi connectivity index (χ3n) is 5.03. The van der Waals surface area contributed by atoms with Gasteiger partial charge in [-0.05, 0) is 63.6 Å². The second-order valence-corrected chi connectivity index (χ2v) is 9.69. The molecule has 0 aliphatic carbocycles. The first kappa shape index (κ1) is 30.7. The molecule has 4 amide bonds. The van der Waals surface area contributed by atoms with Crippen LogP contribution in [-0.2, 0) is 25.7 Å². The highest BCUT2D eigenvalue weighted by atomic mass is 16.6. The lowest BCUT2D eigenvalue weighted by Gasteiger charge is -2.25. The van der Waals surface area contributed by atoms with E-state index in [4.69, 9.17) is 4.74 Å². The van der Waals surface area contributed by atoms with E-state index in [-0.39, 0.29) is 12.5 Å². The van der Waals surface area contributed by atoms with Gasteiger partial charge in [0.1, 0.15) is 17.7 Å². The number of carbonyl (C=O) groups excluding carboxylic acids is 4. The van der Waals surface area contributed by atoms with Gasteiger partial charge in [-0.15, -0.1) is 0 Å². The van der Waals surface area contributed by atoms with E-state index < -0.39 is 41.7 Å². The Morgan fingerprint density at radius 3 is 2.11 bits per heavy atom. The fourth-order valence-electron chi connectivity index (χ4n) is 3.15. The Hall–Kier alpha value is -3.34. The SMILES string of the molecule is COC(=O)N[C@H](C(=O)N[C@@H](CCCCNC(=O)OC(C)(C)C)C(=O)Nc1ccc(CO)cc1)C(C)C. The van der Waals surface area contributed by atoms with Crippen LogP contribution in [0.5, 0.6) is 0 Å². The molecule has 0 fully saturated rings. The maximum Gasteiger partial charge on any atom is 0.407 e. The van der Waals surface area contributed by atoms with Crippen molar-refractivity contribution >= 4 is 29.7 Å². The lowest BCUT2D eigenvalue weighted by molar-refractivity contribution is -0.128. The van der Waals surface area contributed by atoms with E-state index in [0.29, 0.717) is 37.1 Å². The van der Waals surface area contributed by atoms with E-state index in [9.17, 15) is 24.3 Å². The Morgan fingerprint density at radius 1 is 0.944 bits per heavy atom. The average Bonchev–Trinajstić information content (AvgIpc) is 2.80. The van der Waals surface area contributed by atoms with Crippen LogP contribution in [-0.4, -0.2) is 60.4 Å². The van der Waals surface area contributed by atoms with Crippen molar-refractivity contribution in [2.45, 2.75) is 78.2 Å². The number of rotatable bonds is 12. The maximum absolute atomic E-state index is 13.0. The summed E-state index contributed by atoms with van der Waals surface area (Å²) in [5.74, 6) is -1.20. The molecular weight excluding hydrogens is 468 g/mol. The average molecular weight is 509 g/mol. The molecule has 1 rings (SSSR count). The molecule has 0 unspecified atom stereocenters. The van der Waals surface area contributed by atoms with Crippen molar-refractivity contribution in [3.63, 3.8) is 0 Å². The van der Waals surface area contributed by atoms with Gasteiger partial charge in [0.2, 0.25) is 11.8 Å². The van der Waals surface area contributed by atoms with Crippen LogP contribution in [0.2, 0.25) is 0 Å². The normalized spacial score (nSPS) is 12.8. The highest BCUT2D eigenvalue weighted by Gasteiger charge is 2.29. The maximum atomic E-state index is 13.0. The van der Waals surface area contributed by atoms with Crippen LogP contribution in [0.3, 0.4) is 0 Å². The van der Waals surface area contributed by atoms with Crippen LogP contribution < -0.4 is 21.3 Å². The summed E-state index contributed by atoms with van der Waals surface area (Å²) >= 11 is 0. The number of anilines is 1. The van der Waals surface area contributed by atoms with Gasteiger partial charge in [0.25, 0.3) is 0 Å². The third-order valence-corrected chi connectivity index (χ3v) is 5.03. The summed E-state index contributed by atoms with van der Waals surface area (Å²) in [5.41, 5.74) is 0.609. The van der Waals surface area contributed by atoms with Gasteiger partial charge in [-0.2, -0.15) is 0 Å². The molecule has 0 bridgehead atoms. The molecule has 11 nitrogen and oxygen atoms in total. The second-order valence-electron chi connectivity index (χ2n) is 9.69. The Kier molecular flexibility index (Phi) is 12.7. The molecule has 0 aliphatic rings. The zero-order valence-corrected chi connectivity index (χ0v) is 22.0. The van der Waals surface area contributed by atoms with Crippen molar-refractivity contribution in [1.82, 2.24) is 16.0 Å². The molecular formula is C25H40N4O7. The number of aliphatic hydroxyl groups excluding tert-OH is 1. The summed E-state index contributed by atoms with van der Waals surface area (Å²) in [7, 11) is 1.20. The van der Waals surface area contributed by atoms with E-state index >= 15 is 0 Å². The lowest BCUT2D eigenvalue weighted by Crippen LogP contribution is -2.54. The summed E-state index contributed by atoms with van der Waals surface area (Å²) in [6.45, 7) is 9.08. The van der Waals surface area contributed by atoms with Gasteiger partial charge in [-0.3, -0.25) is 9.59 Å². The van der Waals surface area contributed by atoms with Crippen LogP contribution in [0.25, 0.3) is 0 Å². The van der Waals surface area contributed by atoms with Crippen LogP contribution >= 0.6 is 0 Å². The zero-order chi connectivity index (χ0) is 27.3. The fourth-order valence-corrected chi connectivity index (χ4v) is 3.15. The first-order valence-electron chi connectivity index (χ1n) is 12.0. The quantitative estimate of drug-likeness (QED) is 0.272. The van der Waals surface area contributed by atoms with E-state index in [1.54, 1.807) is 58.9 Å². The molecule has 11 heteroatoms. The topological polar surface area (TPSA) is 155 Å². The van der Waals surface area contributed by atoms with Crippen molar-refractivity contribution in [3.05, 3.63) is 29.8 Å². The van der Waals surface area contributed by atoms with Gasteiger partial charge in [0.15, 0.2) is 0 Å². The van der Waals surface area contributed by atoms with Crippen LogP contribution in [0.1, 0.15) is 59.4 Å². The highest BCUT2D eigenvalue weighted by molar-refractivity contribution is 5.98. The predicted octanol–water partition coefficient (Wildman–Crippen LogP) is 2.68. The van der Waals surface area contributed by atoms with Crippen LogP contribution in [0.15, 0.2) is 24.3 Å². The number of unbranched alkanes of at least 4 members (excludes halogenated alkanes) is 1. The third kappa shape index (κ3) is 11.9. The number of aliphatic hydroxyl groups is 1. The highest BCUT2D eigenvalue weighted by Crippen LogP contribution is 2.13. The van der Waals surface area contributed by atoms with Crippen molar-refractivity contribution in [2.75, 3.05) is 19.0 Å². The Labute approximate surface area is 212 Å². The molecule has 0 radical (unpaired) electrons. The molecule has 0 aromatic heterocycles. The first-order chi connectivity index (χ1) is 16.9. The van der Waals surface area contributed by atoms with Gasteiger partial charge in [-0.25, -0.2) is 9.59 Å². The second kappa shape index (κ2) is 14.9. The number of amides is 4. The van der Waals surface area contributed by atoms with Gasteiger partial charge < -0.3 is 35.8 Å². The summed E-state index contributed by atoms with van der Waals surface area (Å²) < 4.78 is 9.80. The minimum Gasteiger partial charge on any atom is -0.453 e. The summed E-state index contributed by atoms with van der Waals surface area (Å²) in [6, 6.07) is 4.88. The van der Waals surface area contributed by atoms with Crippen LogP contribution in [0.4, 0.5) is 15.3 Å². The smallest absolute Gasteiger partial charge is 0.407 e. The van der Waals surface area contributed by atoms with Crippen molar-refractivity contribution in [1.29, 1.82) is 0 Å². The van der Waals surface area contributed by atoms with Crippen LogP contribution in [0, 0.1) is 5.92 Å². The molecule has 1 aromatic carbocycles. The number of alkyl carbamates (subject to hydrolysis) is 2. The van der Waals surface area contributed by atoms with E-state index in [0.717, 1.165) is 0 Å². The number of ether oxygens (including phenoxy) is 2. The summed E-state index contributed by atoms with van der Waals surface area (Å²) in [4.78, 5) is 49.4. The van der Waals surface area contributed by atoms with Gasteiger partial charge in [0.05, 0.1) is 13.7 Å². The molecule has 0 aliphatic heterocycles. The molecule has 0 spiro atoms. The van der Waals surface area contributed by atoms with E-state index in [1.165, 1.54) is 7.11 Å².